The van der Waals surface area contributed by atoms with E-state index in [0.717, 1.165) is 33.4 Å². The van der Waals surface area contributed by atoms with Crippen LogP contribution in [0, 0.1) is 0 Å². The molecule has 0 spiro atoms. The third-order valence-corrected chi connectivity index (χ3v) is 5.26. The Kier molecular flexibility index (Phi) is 6.74. The fourth-order valence-electron chi connectivity index (χ4n) is 3.74. The lowest BCUT2D eigenvalue weighted by Crippen LogP contribution is -2.05. The van der Waals surface area contributed by atoms with E-state index in [9.17, 15) is 4.79 Å². The number of benzene rings is 4. The molecule has 4 aromatic carbocycles. The van der Waals surface area contributed by atoms with Crippen LogP contribution in [0.25, 0.3) is 16.7 Å². The number of rotatable bonds is 6. The van der Waals surface area contributed by atoms with Gasteiger partial charge in [-0.25, -0.2) is 4.79 Å². The SMILES string of the molecule is COC(=O)/C(=C/C(=C(c1ccccc1)c1ccccc1)c1ccccc1)c1ccccc1. The van der Waals surface area contributed by atoms with Crippen LogP contribution in [0.4, 0.5) is 0 Å². The number of allylic oxidation sites excluding steroid dienone is 2. The van der Waals surface area contributed by atoms with Gasteiger partial charge in [0.15, 0.2) is 0 Å². The van der Waals surface area contributed by atoms with Gasteiger partial charge in [-0.05, 0) is 39.5 Å². The Morgan fingerprint density at radius 2 is 0.938 bits per heavy atom. The highest BCUT2D eigenvalue weighted by Crippen LogP contribution is 2.35. The van der Waals surface area contributed by atoms with Crippen LogP contribution in [-0.2, 0) is 9.53 Å². The summed E-state index contributed by atoms with van der Waals surface area (Å²) in [7, 11) is 1.42. The topological polar surface area (TPSA) is 26.3 Å². The van der Waals surface area contributed by atoms with Gasteiger partial charge in [0.05, 0.1) is 12.7 Å². The number of carbonyl (C=O) groups excluding carboxylic acids is 1. The van der Waals surface area contributed by atoms with E-state index in [1.807, 2.05) is 91.0 Å². The Morgan fingerprint density at radius 1 is 0.562 bits per heavy atom. The average Bonchev–Trinajstić information content (AvgIpc) is 2.88. The first kappa shape index (κ1) is 21.1. The molecule has 0 fully saturated rings. The number of esters is 1. The molecule has 0 unspecified atom stereocenters. The fraction of sp³-hybridized carbons (Fsp3) is 0.0333. The maximum Gasteiger partial charge on any atom is 0.338 e. The maximum absolute atomic E-state index is 12.9. The highest BCUT2D eigenvalue weighted by Gasteiger charge is 2.17. The van der Waals surface area contributed by atoms with Crippen LogP contribution in [0.3, 0.4) is 0 Å². The van der Waals surface area contributed by atoms with Gasteiger partial charge < -0.3 is 4.74 Å². The molecule has 0 atom stereocenters. The van der Waals surface area contributed by atoms with E-state index in [1.54, 1.807) is 0 Å². The van der Waals surface area contributed by atoms with E-state index in [2.05, 4.69) is 36.4 Å². The molecule has 0 bridgehead atoms. The zero-order valence-corrected chi connectivity index (χ0v) is 17.9. The fourth-order valence-corrected chi connectivity index (χ4v) is 3.74. The van der Waals surface area contributed by atoms with Gasteiger partial charge in [-0.1, -0.05) is 121 Å². The van der Waals surface area contributed by atoms with E-state index in [0.29, 0.717) is 5.57 Å². The second kappa shape index (κ2) is 10.2. The van der Waals surface area contributed by atoms with Crippen LogP contribution in [0.5, 0.6) is 0 Å². The van der Waals surface area contributed by atoms with Crippen LogP contribution in [0.15, 0.2) is 127 Å². The van der Waals surface area contributed by atoms with Crippen molar-refractivity contribution in [1.29, 1.82) is 0 Å². The standard InChI is InChI=1S/C30H24O2/c1-32-30(31)28(24-16-8-3-9-17-24)22-27(23-14-6-2-7-15-23)29(25-18-10-4-11-19-25)26-20-12-5-13-21-26/h2-22H,1H3/b28-22+. The summed E-state index contributed by atoms with van der Waals surface area (Å²) in [6, 6.07) is 40.3. The maximum atomic E-state index is 12.9. The highest BCUT2D eigenvalue weighted by molar-refractivity contribution is 6.20. The molecule has 156 valence electrons. The van der Waals surface area contributed by atoms with E-state index in [4.69, 9.17) is 4.74 Å². The van der Waals surface area contributed by atoms with Crippen LogP contribution in [0.2, 0.25) is 0 Å². The van der Waals surface area contributed by atoms with Gasteiger partial charge in [0.2, 0.25) is 0 Å². The molecule has 0 N–H and O–H groups in total. The number of ether oxygens (including phenoxy) is 1. The highest BCUT2D eigenvalue weighted by atomic mass is 16.5. The van der Waals surface area contributed by atoms with Gasteiger partial charge in [0, 0.05) is 0 Å². The summed E-state index contributed by atoms with van der Waals surface area (Å²) < 4.78 is 5.16. The summed E-state index contributed by atoms with van der Waals surface area (Å²) in [5.74, 6) is -0.370. The molecule has 0 heterocycles. The molecular formula is C30H24O2. The molecular weight excluding hydrogens is 392 g/mol. The van der Waals surface area contributed by atoms with Crippen molar-refractivity contribution in [3.8, 4) is 0 Å². The van der Waals surface area contributed by atoms with E-state index >= 15 is 0 Å². The van der Waals surface area contributed by atoms with Gasteiger partial charge in [-0.3, -0.25) is 0 Å². The second-order valence-corrected chi connectivity index (χ2v) is 7.30. The Morgan fingerprint density at radius 3 is 1.34 bits per heavy atom. The van der Waals surface area contributed by atoms with Crippen LogP contribution >= 0.6 is 0 Å². The summed E-state index contributed by atoms with van der Waals surface area (Å²) in [5, 5.41) is 0. The second-order valence-electron chi connectivity index (χ2n) is 7.30. The first-order chi connectivity index (χ1) is 15.8. The molecule has 0 saturated heterocycles. The average molecular weight is 417 g/mol. The third kappa shape index (κ3) is 4.76. The van der Waals surface area contributed by atoms with Crippen molar-refractivity contribution in [3.05, 3.63) is 150 Å². The normalized spacial score (nSPS) is 11.0. The van der Waals surface area contributed by atoms with Crippen molar-refractivity contribution < 1.29 is 9.53 Å². The lowest BCUT2D eigenvalue weighted by atomic mass is 9.87. The summed E-state index contributed by atoms with van der Waals surface area (Å²) >= 11 is 0. The predicted molar refractivity (Wildman–Crippen MR) is 132 cm³/mol. The van der Waals surface area contributed by atoms with Gasteiger partial charge in [0.25, 0.3) is 0 Å². The molecule has 0 radical (unpaired) electrons. The zero-order chi connectivity index (χ0) is 22.2. The van der Waals surface area contributed by atoms with E-state index < -0.39 is 0 Å². The molecule has 0 aliphatic carbocycles. The minimum atomic E-state index is -0.370. The minimum Gasteiger partial charge on any atom is -0.465 e. The Labute approximate surface area is 189 Å². The number of methoxy groups -OCH3 is 1. The summed E-state index contributed by atoms with van der Waals surface area (Å²) in [6.07, 6.45) is 1.95. The van der Waals surface area contributed by atoms with E-state index in [-0.39, 0.29) is 5.97 Å². The number of carbonyl (C=O) groups is 1. The molecule has 0 amide bonds. The van der Waals surface area contributed by atoms with Crippen LogP contribution in [0.1, 0.15) is 22.3 Å². The van der Waals surface area contributed by atoms with Gasteiger partial charge in [-0.2, -0.15) is 0 Å². The van der Waals surface area contributed by atoms with Crippen molar-refractivity contribution in [2.24, 2.45) is 0 Å². The molecule has 0 aliphatic heterocycles. The Balaban J connectivity index is 2.08. The molecule has 0 aromatic heterocycles. The monoisotopic (exact) mass is 416 g/mol. The Hall–Kier alpha value is -4.17. The van der Waals surface area contributed by atoms with E-state index in [1.165, 1.54) is 7.11 Å². The smallest absolute Gasteiger partial charge is 0.338 e. The number of hydrogen-bond donors (Lipinski definition) is 0. The predicted octanol–water partition coefficient (Wildman–Crippen LogP) is 6.90. The molecule has 4 aromatic rings. The number of hydrogen-bond acceptors (Lipinski definition) is 2. The molecule has 32 heavy (non-hydrogen) atoms. The quantitative estimate of drug-likeness (QED) is 0.148. The molecule has 2 nitrogen and oxygen atoms in total. The van der Waals surface area contributed by atoms with Gasteiger partial charge in [0.1, 0.15) is 0 Å². The summed E-state index contributed by atoms with van der Waals surface area (Å²) in [6.45, 7) is 0. The zero-order valence-electron chi connectivity index (χ0n) is 17.9. The summed E-state index contributed by atoms with van der Waals surface area (Å²) in [4.78, 5) is 12.9. The van der Waals surface area contributed by atoms with Crippen molar-refractivity contribution in [1.82, 2.24) is 0 Å². The lowest BCUT2D eigenvalue weighted by Gasteiger charge is -2.16. The van der Waals surface area contributed by atoms with Gasteiger partial charge >= 0.3 is 5.97 Å². The van der Waals surface area contributed by atoms with Crippen LogP contribution in [-0.4, -0.2) is 13.1 Å². The van der Waals surface area contributed by atoms with Crippen molar-refractivity contribution in [2.45, 2.75) is 0 Å². The van der Waals surface area contributed by atoms with Crippen LogP contribution < -0.4 is 0 Å². The van der Waals surface area contributed by atoms with Crippen molar-refractivity contribution in [2.75, 3.05) is 7.11 Å². The lowest BCUT2D eigenvalue weighted by molar-refractivity contribution is -0.133. The minimum absolute atomic E-state index is 0.370. The largest absolute Gasteiger partial charge is 0.465 e. The molecule has 2 heteroatoms. The molecule has 4 rings (SSSR count). The molecule has 0 saturated carbocycles. The third-order valence-electron chi connectivity index (χ3n) is 5.26. The first-order valence-electron chi connectivity index (χ1n) is 10.5. The van der Waals surface area contributed by atoms with Gasteiger partial charge in [-0.15, -0.1) is 0 Å². The summed E-state index contributed by atoms with van der Waals surface area (Å²) in [5.41, 5.74) is 6.50. The van der Waals surface area contributed by atoms with Crippen molar-refractivity contribution >= 4 is 22.7 Å². The Bertz CT molecular complexity index is 1180. The molecule has 0 aliphatic rings. The first-order valence-corrected chi connectivity index (χ1v) is 10.5. The van der Waals surface area contributed by atoms with Crippen molar-refractivity contribution in [3.63, 3.8) is 0 Å².